The first-order chi connectivity index (χ1) is 2.41. The number of rotatable bonds is 1. The molecule has 2 heteroatoms. The fourth-order valence-electron chi connectivity index (χ4n) is 0.0514. The molecule has 0 atom stereocenters. The summed E-state index contributed by atoms with van der Waals surface area (Å²) >= 11 is 2.22. The van der Waals surface area contributed by atoms with Crippen molar-refractivity contribution in [1.29, 1.82) is 0 Å². The van der Waals surface area contributed by atoms with E-state index in [2.05, 4.69) is 22.6 Å². The number of hydrogen-bond acceptors (Lipinski definition) is 1. The van der Waals surface area contributed by atoms with Crippen LogP contribution in [0.4, 0.5) is 0 Å². The van der Waals surface area contributed by atoms with Gasteiger partial charge in [0.15, 0.2) is 0 Å². The molecule has 0 fully saturated rings. The van der Waals surface area contributed by atoms with Crippen molar-refractivity contribution < 1.29 is 0 Å². The molecule has 0 radical (unpaired) electrons. The molecule has 0 aromatic rings. The Labute approximate surface area is 45.4 Å². The molecule has 0 unspecified atom stereocenters. The number of hydrogen-bond donors (Lipinski definition) is 1. The van der Waals surface area contributed by atoms with Gasteiger partial charge in [0, 0.05) is 4.43 Å². The van der Waals surface area contributed by atoms with Gasteiger partial charge in [-0.25, -0.2) is 0 Å². The molecule has 0 amide bonds. The summed E-state index contributed by atoms with van der Waals surface area (Å²) in [5.74, 6) is 0. The molecule has 0 aliphatic rings. The first kappa shape index (κ1) is 5.27. The third-order valence-electron chi connectivity index (χ3n) is 0.225. The standard InChI is InChI=1S/C3H6IN/c4-2-1-3-5/h1,3H,2,5H2/b3-1-. The molecule has 5 heavy (non-hydrogen) atoms. The fraction of sp³-hybridized carbons (Fsp3) is 0.333. The molecular weight excluding hydrogens is 177 g/mol. The molecule has 0 saturated carbocycles. The molecule has 30 valence electrons. The summed E-state index contributed by atoms with van der Waals surface area (Å²) in [6.45, 7) is 0. The van der Waals surface area contributed by atoms with Gasteiger partial charge < -0.3 is 5.73 Å². The molecule has 2 N–H and O–H groups in total. The lowest BCUT2D eigenvalue weighted by Crippen LogP contribution is -1.73. The molecule has 0 bridgehead atoms. The summed E-state index contributed by atoms with van der Waals surface area (Å²) in [6.07, 6.45) is 3.44. The van der Waals surface area contributed by atoms with Crippen molar-refractivity contribution in [3.63, 3.8) is 0 Å². The lowest BCUT2D eigenvalue weighted by atomic mass is 10.7. The van der Waals surface area contributed by atoms with E-state index in [0.29, 0.717) is 0 Å². The van der Waals surface area contributed by atoms with Crippen LogP contribution in [-0.2, 0) is 0 Å². The second-order valence-electron chi connectivity index (χ2n) is 0.582. The summed E-state index contributed by atoms with van der Waals surface area (Å²) in [5, 5.41) is 0. The van der Waals surface area contributed by atoms with Crippen LogP contribution in [0.15, 0.2) is 12.3 Å². The highest BCUT2D eigenvalue weighted by molar-refractivity contribution is 14.1. The van der Waals surface area contributed by atoms with Gasteiger partial charge in [-0.15, -0.1) is 0 Å². The Hall–Kier alpha value is 0.270. The summed E-state index contributed by atoms with van der Waals surface area (Å²) in [5.41, 5.74) is 4.95. The minimum Gasteiger partial charge on any atom is -0.405 e. The second-order valence-corrected chi connectivity index (χ2v) is 1.46. The molecule has 0 rings (SSSR count). The largest absolute Gasteiger partial charge is 0.405 e. The normalized spacial score (nSPS) is 9.80. The second kappa shape index (κ2) is 4.27. The zero-order valence-corrected chi connectivity index (χ0v) is 4.97. The van der Waals surface area contributed by atoms with E-state index in [1.54, 1.807) is 6.20 Å². The highest BCUT2D eigenvalue weighted by Gasteiger charge is 1.54. The van der Waals surface area contributed by atoms with Gasteiger partial charge in [-0.2, -0.15) is 0 Å². The van der Waals surface area contributed by atoms with Crippen LogP contribution in [0.1, 0.15) is 0 Å². The van der Waals surface area contributed by atoms with Crippen LogP contribution < -0.4 is 5.73 Å². The third kappa shape index (κ3) is 4.27. The average molecular weight is 183 g/mol. The molecule has 0 spiro atoms. The number of allylic oxidation sites excluding steroid dienone is 1. The predicted octanol–water partition coefficient (Wildman–Crippen LogP) is 0.894. The van der Waals surface area contributed by atoms with E-state index >= 15 is 0 Å². The maximum Gasteiger partial charge on any atom is 0.0192 e. The molecule has 0 heterocycles. The minimum atomic E-state index is 1.01. The molecule has 0 aliphatic heterocycles. The van der Waals surface area contributed by atoms with Crippen molar-refractivity contribution in [3.05, 3.63) is 12.3 Å². The van der Waals surface area contributed by atoms with Gasteiger partial charge in [-0.3, -0.25) is 0 Å². The first-order valence-electron chi connectivity index (χ1n) is 1.34. The van der Waals surface area contributed by atoms with Crippen LogP contribution in [0.25, 0.3) is 0 Å². The van der Waals surface area contributed by atoms with Crippen molar-refractivity contribution in [2.75, 3.05) is 4.43 Å². The zero-order valence-electron chi connectivity index (χ0n) is 2.82. The molecule has 0 saturated heterocycles. The third-order valence-corrected chi connectivity index (χ3v) is 0.734. The van der Waals surface area contributed by atoms with Gasteiger partial charge in [-0.1, -0.05) is 28.7 Å². The molecule has 1 nitrogen and oxygen atoms in total. The van der Waals surface area contributed by atoms with E-state index < -0.39 is 0 Å². The van der Waals surface area contributed by atoms with E-state index in [4.69, 9.17) is 5.73 Å². The van der Waals surface area contributed by atoms with Gasteiger partial charge in [-0.05, 0) is 6.20 Å². The topological polar surface area (TPSA) is 26.0 Å². The molecular formula is C3H6IN. The highest BCUT2D eigenvalue weighted by atomic mass is 127. The highest BCUT2D eigenvalue weighted by Crippen LogP contribution is 1.77. The predicted molar refractivity (Wildman–Crippen MR) is 32.2 cm³/mol. The molecule has 0 aromatic carbocycles. The van der Waals surface area contributed by atoms with E-state index in [0.717, 1.165) is 4.43 Å². The smallest absolute Gasteiger partial charge is 0.0192 e. The van der Waals surface area contributed by atoms with Crippen LogP contribution in [0, 0.1) is 0 Å². The SMILES string of the molecule is N/C=C\CI. The summed E-state index contributed by atoms with van der Waals surface area (Å²) in [7, 11) is 0. The van der Waals surface area contributed by atoms with E-state index in [1.807, 2.05) is 6.08 Å². The van der Waals surface area contributed by atoms with Gasteiger partial charge in [0.1, 0.15) is 0 Å². The molecule has 0 aromatic heterocycles. The van der Waals surface area contributed by atoms with E-state index in [1.165, 1.54) is 0 Å². The first-order valence-corrected chi connectivity index (χ1v) is 2.87. The van der Waals surface area contributed by atoms with Crippen molar-refractivity contribution in [1.82, 2.24) is 0 Å². The maximum atomic E-state index is 4.95. The Morgan fingerprint density at radius 1 is 1.80 bits per heavy atom. The van der Waals surface area contributed by atoms with Crippen LogP contribution in [0.5, 0.6) is 0 Å². The molecule has 0 aliphatic carbocycles. The Bertz CT molecular complexity index is 33.9. The van der Waals surface area contributed by atoms with Gasteiger partial charge in [0.05, 0.1) is 0 Å². The quantitative estimate of drug-likeness (QED) is 0.474. The Morgan fingerprint density at radius 2 is 2.40 bits per heavy atom. The van der Waals surface area contributed by atoms with Crippen molar-refractivity contribution in [2.45, 2.75) is 0 Å². The van der Waals surface area contributed by atoms with Gasteiger partial charge in [0.2, 0.25) is 0 Å². The van der Waals surface area contributed by atoms with E-state index in [9.17, 15) is 0 Å². The summed E-state index contributed by atoms with van der Waals surface area (Å²) in [6, 6.07) is 0. The zero-order chi connectivity index (χ0) is 4.12. The van der Waals surface area contributed by atoms with Crippen molar-refractivity contribution in [2.24, 2.45) is 5.73 Å². The fourth-order valence-corrected chi connectivity index (χ4v) is 0.345. The van der Waals surface area contributed by atoms with E-state index in [-0.39, 0.29) is 0 Å². The number of halogens is 1. The summed E-state index contributed by atoms with van der Waals surface area (Å²) < 4.78 is 1.01. The van der Waals surface area contributed by atoms with Crippen molar-refractivity contribution >= 4 is 22.6 Å². The lowest BCUT2D eigenvalue weighted by molar-refractivity contribution is 1.57. The van der Waals surface area contributed by atoms with Crippen LogP contribution in [0.3, 0.4) is 0 Å². The average Bonchev–Trinajstić information content (AvgIpc) is 1.41. The van der Waals surface area contributed by atoms with Crippen molar-refractivity contribution in [3.8, 4) is 0 Å². The van der Waals surface area contributed by atoms with Crippen LogP contribution in [0.2, 0.25) is 0 Å². The van der Waals surface area contributed by atoms with Crippen LogP contribution >= 0.6 is 22.6 Å². The monoisotopic (exact) mass is 183 g/mol. The number of alkyl halides is 1. The summed E-state index contributed by atoms with van der Waals surface area (Å²) in [4.78, 5) is 0. The Balaban J connectivity index is 2.62. The Morgan fingerprint density at radius 3 is 2.40 bits per heavy atom. The number of nitrogens with two attached hydrogens (primary N) is 1. The lowest BCUT2D eigenvalue weighted by Gasteiger charge is -1.64. The maximum absolute atomic E-state index is 4.95. The minimum absolute atomic E-state index is 1.01. The van der Waals surface area contributed by atoms with Gasteiger partial charge >= 0.3 is 0 Å². The van der Waals surface area contributed by atoms with Gasteiger partial charge in [0.25, 0.3) is 0 Å². The van der Waals surface area contributed by atoms with Crippen LogP contribution in [-0.4, -0.2) is 4.43 Å². The Kier molecular flexibility index (Phi) is 4.50.